The summed E-state index contributed by atoms with van der Waals surface area (Å²) in [4.78, 5) is 0. The molecule has 4 aromatic carbocycles. The molecule has 0 fully saturated rings. The Labute approximate surface area is 198 Å². The van der Waals surface area contributed by atoms with E-state index in [1.807, 2.05) is 134 Å². The van der Waals surface area contributed by atoms with Crippen LogP contribution in [0.3, 0.4) is 0 Å². The third kappa shape index (κ3) is 5.08. The van der Waals surface area contributed by atoms with Gasteiger partial charge in [-0.15, -0.1) is 0 Å². The normalized spacial score (nSPS) is 12.4. The Morgan fingerprint density at radius 3 is 0.879 bits per heavy atom. The van der Waals surface area contributed by atoms with Crippen LogP contribution in [-0.4, -0.2) is 25.1 Å². The summed E-state index contributed by atoms with van der Waals surface area (Å²) in [6, 6.07) is 38.1. The Morgan fingerprint density at radius 2 is 0.667 bits per heavy atom. The van der Waals surface area contributed by atoms with Crippen molar-refractivity contribution in [3.05, 3.63) is 121 Å². The van der Waals surface area contributed by atoms with E-state index in [2.05, 4.69) is 0 Å². The van der Waals surface area contributed by atoms with Crippen molar-refractivity contribution in [2.75, 3.05) is 0 Å². The van der Waals surface area contributed by atoms with E-state index in [1.165, 1.54) is 0 Å². The zero-order chi connectivity index (χ0) is 23.4. The highest BCUT2D eigenvalue weighted by Gasteiger charge is 2.45. The van der Waals surface area contributed by atoms with Gasteiger partial charge in [-0.3, -0.25) is 7.74 Å². The molecule has 0 heterocycles. The molecular formula is C26H26O4SSi2. The molecule has 168 valence electrons. The number of benzene rings is 4. The van der Waals surface area contributed by atoms with E-state index < -0.39 is 27.0 Å². The molecular weight excluding hydrogens is 465 g/mol. The second-order valence-corrected chi connectivity index (χ2v) is 16.7. The zero-order valence-electron chi connectivity index (χ0n) is 18.6. The highest BCUT2D eigenvalue weighted by molar-refractivity contribution is 7.84. The fraction of sp³-hybridized carbons (Fsp3) is 0.0769. The first-order valence-electron chi connectivity index (χ1n) is 10.7. The third-order valence-corrected chi connectivity index (χ3v) is 15.9. The molecule has 0 amide bonds. The Bertz CT molecular complexity index is 1110. The molecule has 0 atom stereocenters. The summed E-state index contributed by atoms with van der Waals surface area (Å²) in [6.45, 7) is 3.78. The lowest BCUT2D eigenvalue weighted by Gasteiger charge is -2.31. The molecule has 0 spiro atoms. The van der Waals surface area contributed by atoms with Crippen LogP contribution < -0.4 is 20.7 Å². The standard InChI is InChI=1S/C26H26O4SSi2/c1-32(23-15-7-3-8-16-23,24-17-9-4-10-18-24)29-31(27,28)30-33(2,25-19-11-5-12-20-25)26-21-13-6-14-22-26/h3-22H,1-2H3. The summed E-state index contributed by atoms with van der Waals surface area (Å²) >= 11 is 0. The summed E-state index contributed by atoms with van der Waals surface area (Å²) < 4.78 is 39.3. The van der Waals surface area contributed by atoms with Gasteiger partial charge >= 0.3 is 10.4 Å². The number of hydrogen-bond donors (Lipinski definition) is 0. The van der Waals surface area contributed by atoms with Crippen molar-refractivity contribution in [3.8, 4) is 0 Å². The van der Waals surface area contributed by atoms with Crippen LogP contribution in [0.15, 0.2) is 121 Å². The van der Waals surface area contributed by atoms with Gasteiger partial charge in [0.15, 0.2) is 0 Å². The van der Waals surface area contributed by atoms with Crippen LogP contribution in [0.1, 0.15) is 0 Å². The zero-order valence-corrected chi connectivity index (χ0v) is 21.4. The molecule has 0 bridgehead atoms. The predicted octanol–water partition coefficient (Wildman–Crippen LogP) is 3.04. The lowest BCUT2D eigenvalue weighted by molar-refractivity contribution is 0.397. The van der Waals surface area contributed by atoms with Gasteiger partial charge < -0.3 is 0 Å². The Hall–Kier alpha value is -2.82. The number of rotatable bonds is 8. The van der Waals surface area contributed by atoms with Crippen molar-refractivity contribution in [2.24, 2.45) is 0 Å². The predicted molar refractivity (Wildman–Crippen MR) is 139 cm³/mol. The van der Waals surface area contributed by atoms with E-state index in [1.54, 1.807) is 0 Å². The van der Waals surface area contributed by atoms with Crippen molar-refractivity contribution >= 4 is 47.8 Å². The molecule has 0 aromatic heterocycles. The van der Waals surface area contributed by atoms with Gasteiger partial charge in [0.2, 0.25) is 0 Å². The van der Waals surface area contributed by atoms with E-state index in [0.29, 0.717) is 0 Å². The summed E-state index contributed by atoms with van der Waals surface area (Å²) in [5, 5.41) is 3.41. The molecule has 0 aliphatic carbocycles. The molecule has 0 N–H and O–H groups in total. The highest BCUT2D eigenvalue weighted by Crippen LogP contribution is 2.18. The molecule has 33 heavy (non-hydrogen) atoms. The van der Waals surface area contributed by atoms with Crippen LogP contribution in [0.2, 0.25) is 13.1 Å². The average molecular weight is 491 g/mol. The molecule has 0 aliphatic heterocycles. The van der Waals surface area contributed by atoms with Gasteiger partial charge in [0.05, 0.1) is 0 Å². The van der Waals surface area contributed by atoms with E-state index >= 15 is 0 Å². The molecule has 0 aliphatic rings. The Balaban J connectivity index is 1.77. The maximum atomic E-state index is 13.6. The maximum absolute atomic E-state index is 13.6. The van der Waals surface area contributed by atoms with Gasteiger partial charge in [0, 0.05) is 0 Å². The summed E-state index contributed by atoms with van der Waals surface area (Å²) in [5.41, 5.74) is 0. The van der Waals surface area contributed by atoms with Crippen molar-refractivity contribution in [3.63, 3.8) is 0 Å². The van der Waals surface area contributed by atoms with Crippen LogP contribution >= 0.6 is 0 Å². The van der Waals surface area contributed by atoms with Crippen molar-refractivity contribution in [2.45, 2.75) is 13.1 Å². The average Bonchev–Trinajstić information content (AvgIpc) is 2.85. The molecule has 4 aromatic rings. The van der Waals surface area contributed by atoms with E-state index in [-0.39, 0.29) is 0 Å². The molecule has 7 heteroatoms. The van der Waals surface area contributed by atoms with Crippen molar-refractivity contribution in [1.29, 1.82) is 0 Å². The van der Waals surface area contributed by atoms with E-state index in [4.69, 9.17) is 7.74 Å². The van der Waals surface area contributed by atoms with Gasteiger partial charge in [0.1, 0.15) is 0 Å². The summed E-state index contributed by atoms with van der Waals surface area (Å²) in [5.74, 6) is 0. The third-order valence-electron chi connectivity index (χ3n) is 5.84. The van der Waals surface area contributed by atoms with Crippen molar-refractivity contribution < 1.29 is 16.2 Å². The quantitative estimate of drug-likeness (QED) is 0.356. The van der Waals surface area contributed by atoms with Crippen LogP contribution in [-0.2, 0) is 18.1 Å². The minimum Gasteiger partial charge on any atom is -0.283 e. The minimum atomic E-state index is -4.37. The van der Waals surface area contributed by atoms with Crippen LogP contribution in [0.25, 0.3) is 0 Å². The monoisotopic (exact) mass is 490 g/mol. The van der Waals surface area contributed by atoms with Gasteiger partial charge in [-0.25, -0.2) is 0 Å². The van der Waals surface area contributed by atoms with Gasteiger partial charge in [-0.2, -0.15) is 8.42 Å². The minimum absolute atomic E-state index is 0.853. The highest BCUT2D eigenvalue weighted by atomic mass is 32.3. The van der Waals surface area contributed by atoms with E-state index in [9.17, 15) is 8.42 Å². The molecule has 4 nitrogen and oxygen atoms in total. The maximum Gasteiger partial charge on any atom is 0.381 e. The van der Waals surface area contributed by atoms with Crippen molar-refractivity contribution in [1.82, 2.24) is 0 Å². The second-order valence-electron chi connectivity index (χ2n) is 8.11. The molecule has 0 saturated carbocycles. The van der Waals surface area contributed by atoms with Crippen LogP contribution in [0, 0.1) is 0 Å². The van der Waals surface area contributed by atoms with Gasteiger partial charge in [0.25, 0.3) is 16.6 Å². The topological polar surface area (TPSA) is 52.6 Å². The number of hydrogen-bond acceptors (Lipinski definition) is 4. The molecule has 0 saturated heterocycles. The lowest BCUT2D eigenvalue weighted by atomic mass is 10.4. The lowest BCUT2D eigenvalue weighted by Crippen LogP contribution is -2.63. The first-order chi connectivity index (χ1) is 15.8. The first-order valence-corrected chi connectivity index (χ1v) is 16.9. The summed E-state index contributed by atoms with van der Waals surface area (Å²) in [6.07, 6.45) is 0. The molecule has 0 unspecified atom stereocenters. The van der Waals surface area contributed by atoms with E-state index in [0.717, 1.165) is 20.7 Å². The SMILES string of the molecule is C[Si](OS(=O)(=O)O[Si](C)(c1ccccc1)c1ccccc1)(c1ccccc1)c1ccccc1. The van der Waals surface area contributed by atoms with Crippen LogP contribution in [0.5, 0.6) is 0 Å². The van der Waals surface area contributed by atoms with Gasteiger partial charge in [-0.1, -0.05) is 121 Å². The fourth-order valence-corrected chi connectivity index (χ4v) is 13.2. The molecule has 4 rings (SSSR count). The Kier molecular flexibility index (Phi) is 6.78. The Morgan fingerprint density at radius 1 is 0.455 bits per heavy atom. The van der Waals surface area contributed by atoms with Crippen LogP contribution in [0.4, 0.5) is 0 Å². The van der Waals surface area contributed by atoms with Gasteiger partial charge in [-0.05, 0) is 33.8 Å². The fourth-order valence-electron chi connectivity index (χ4n) is 3.98. The molecule has 0 radical (unpaired) electrons. The largest absolute Gasteiger partial charge is 0.381 e. The smallest absolute Gasteiger partial charge is 0.283 e. The second kappa shape index (κ2) is 9.58. The summed E-state index contributed by atoms with van der Waals surface area (Å²) in [7, 11) is -10.6. The first kappa shape index (κ1) is 23.3.